The van der Waals surface area contributed by atoms with E-state index in [1.165, 1.54) is 16.4 Å². The van der Waals surface area contributed by atoms with E-state index in [1.807, 2.05) is 12.1 Å². The van der Waals surface area contributed by atoms with Crippen molar-refractivity contribution in [3.63, 3.8) is 0 Å². The summed E-state index contributed by atoms with van der Waals surface area (Å²) in [4.78, 5) is 15.0. The molecule has 2 heterocycles. The molecular weight excluding hydrogens is 419 g/mol. The van der Waals surface area contributed by atoms with Crippen molar-refractivity contribution in [2.24, 2.45) is 5.92 Å². The number of fused-ring (bicyclic) bond motifs is 3. The maximum Gasteiger partial charge on any atom is 0.264 e. The quantitative estimate of drug-likeness (QED) is 0.787. The van der Waals surface area contributed by atoms with E-state index in [0.29, 0.717) is 5.69 Å². The highest BCUT2D eigenvalue weighted by molar-refractivity contribution is 7.92. The molecule has 0 bridgehead atoms. The number of carbonyl (C=O) groups is 1. The fourth-order valence-electron chi connectivity index (χ4n) is 5.50. The summed E-state index contributed by atoms with van der Waals surface area (Å²) in [6, 6.07) is 11.4. The second-order valence-corrected chi connectivity index (χ2v) is 10.5. The minimum absolute atomic E-state index is 0.00820. The van der Waals surface area contributed by atoms with Gasteiger partial charge in [-0.05, 0) is 48.7 Å². The van der Waals surface area contributed by atoms with Gasteiger partial charge in [0.1, 0.15) is 5.82 Å². The molecule has 2 aromatic carbocycles. The van der Waals surface area contributed by atoms with Crippen molar-refractivity contribution in [2.75, 3.05) is 17.5 Å². The van der Waals surface area contributed by atoms with Crippen molar-refractivity contribution in [3.05, 3.63) is 59.9 Å². The molecule has 0 unspecified atom stereocenters. The van der Waals surface area contributed by atoms with Crippen LogP contribution in [0.15, 0.2) is 53.4 Å². The van der Waals surface area contributed by atoms with Crippen LogP contribution in [0, 0.1) is 11.7 Å². The third kappa shape index (κ3) is 3.15. The summed E-state index contributed by atoms with van der Waals surface area (Å²) in [7, 11) is -3.94. The van der Waals surface area contributed by atoms with Crippen LogP contribution in [-0.4, -0.2) is 49.6 Å². The molecule has 5 rings (SSSR count). The van der Waals surface area contributed by atoms with Gasteiger partial charge in [0.2, 0.25) is 5.91 Å². The zero-order valence-corrected chi connectivity index (χ0v) is 17.8. The van der Waals surface area contributed by atoms with E-state index in [2.05, 4.69) is 0 Å². The zero-order chi connectivity index (χ0) is 21.8. The van der Waals surface area contributed by atoms with Crippen molar-refractivity contribution in [2.45, 2.75) is 48.6 Å². The van der Waals surface area contributed by atoms with E-state index in [1.54, 1.807) is 17.0 Å². The number of nitrogens with zero attached hydrogens (tertiary/aromatic N) is 2. The molecule has 1 saturated heterocycles. The van der Waals surface area contributed by atoms with Crippen molar-refractivity contribution >= 4 is 21.6 Å². The third-order valence-electron chi connectivity index (χ3n) is 7.01. The van der Waals surface area contributed by atoms with Crippen LogP contribution in [0.4, 0.5) is 10.1 Å². The predicted molar refractivity (Wildman–Crippen MR) is 114 cm³/mol. The lowest BCUT2D eigenvalue weighted by Gasteiger charge is -2.59. The Hall–Kier alpha value is -2.45. The number of sulfonamides is 1. The van der Waals surface area contributed by atoms with E-state index < -0.39 is 15.8 Å². The van der Waals surface area contributed by atoms with Gasteiger partial charge in [0.25, 0.3) is 10.0 Å². The summed E-state index contributed by atoms with van der Waals surface area (Å²) in [6.45, 7) is -0.0327. The van der Waals surface area contributed by atoms with Crippen LogP contribution in [0.25, 0.3) is 0 Å². The van der Waals surface area contributed by atoms with E-state index in [9.17, 15) is 22.7 Å². The van der Waals surface area contributed by atoms with Crippen LogP contribution >= 0.6 is 0 Å². The minimum atomic E-state index is -3.94. The average molecular weight is 445 g/mol. The lowest BCUT2D eigenvalue weighted by molar-refractivity contribution is -0.154. The molecule has 1 aliphatic carbocycles. The Morgan fingerprint density at radius 3 is 2.42 bits per heavy atom. The summed E-state index contributed by atoms with van der Waals surface area (Å²) in [6.07, 6.45) is 3.74. The lowest BCUT2D eigenvalue weighted by atomic mass is 9.72. The monoisotopic (exact) mass is 444 g/mol. The smallest absolute Gasteiger partial charge is 0.264 e. The molecule has 2 fully saturated rings. The topological polar surface area (TPSA) is 77.9 Å². The molecule has 6 nitrogen and oxygen atoms in total. The largest absolute Gasteiger partial charge is 0.394 e. The Kier molecular flexibility index (Phi) is 5.01. The third-order valence-corrected chi connectivity index (χ3v) is 8.80. The van der Waals surface area contributed by atoms with Crippen LogP contribution < -0.4 is 4.31 Å². The SMILES string of the molecule is O=C(C1CCCC1)N1[C@H](CO)[C@H]2c3ccccc3N(S(=O)(=O)c3ccc(F)cc3)C[C@H]21. The van der Waals surface area contributed by atoms with Gasteiger partial charge in [-0.15, -0.1) is 0 Å². The predicted octanol–water partition coefficient (Wildman–Crippen LogP) is 2.88. The van der Waals surface area contributed by atoms with Gasteiger partial charge in [0.05, 0.1) is 35.8 Å². The second-order valence-electron chi connectivity index (χ2n) is 8.62. The highest BCUT2D eigenvalue weighted by Crippen LogP contribution is 2.50. The molecule has 3 atom stereocenters. The molecule has 0 spiro atoms. The maximum absolute atomic E-state index is 13.5. The average Bonchev–Trinajstić information content (AvgIpc) is 3.29. The van der Waals surface area contributed by atoms with Crippen LogP contribution in [0.3, 0.4) is 0 Å². The number of para-hydroxylation sites is 1. The van der Waals surface area contributed by atoms with Gasteiger partial charge in [-0.25, -0.2) is 12.8 Å². The highest BCUT2D eigenvalue weighted by Gasteiger charge is 2.56. The normalized spacial score (nSPS) is 25.7. The number of anilines is 1. The van der Waals surface area contributed by atoms with Gasteiger partial charge in [0, 0.05) is 11.8 Å². The number of aliphatic hydroxyl groups excluding tert-OH is 1. The van der Waals surface area contributed by atoms with Crippen LogP contribution in [0.2, 0.25) is 0 Å². The summed E-state index contributed by atoms with van der Waals surface area (Å²) >= 11 is 0. The number of likely N-dealkylation sites (tertiary alicyclic amines) is 1. The first-order chi connectivity index (χ1) is 14.9. The first-order valence-corrected chi connectivity index (χ1v) is 12.2. The maximum atomic E-state index is 13.5. The number of rotatable bonds is 4. The number of hydrogen-bond acceptors (Lipinski definition) is 4. The number of halogens is 1. The van der Waals surface area contributed by atoms with Crippen LogP contribution in [0.5, 0.6) is 0 Å². The molecule has 8 heteroatoms. The first-order valence-electron chi connectivity index (χ1n) is 10.7. The fourth-order valence-corrected chi connectivity index (χ4v) is 7.01. The van der Waals surface area contributed by atoms with Gasteiger partial charge in [0.15, 0.2) is 0 Å². The Morgan fingerprint density at radius 2 is 1.74 bits per heavy atom. The van der Waals surface area contributed by atoms with E-state index in [0.717, 1.165) is 43.4 Å². The van der Waals surface area contributed by atoms with Crippen molar-refractivity contribution in [1.29, 1.82) is 0 Å². The number of carbonyl (C=O) groups excluding carboxylic acids is 1. The summed E-state index contributed by atoms with van der Waals surface area (Å²) in [5.41, 5.74) is 1.37. The van der Waals surface area contributed by atoms with Gasteiger partial charge in [-0.1, -0.05) is 31.0 Å². The van der Waals surface area contributed by atoms with Gasteiger partial charge in [-0.2, -0.15) is 0 Å². The first kappa shape index (κ1) is 20.5. The van der Waals surface area contributed by atoms with E-state index in [4.69, 9.17) is 0 Å². The fraction of sp³-hybridized carbons (Fsp3) is 0.435. The molecule has 0 aromatic heterocycles. The van der Waals surface area contributed by atoms with Gasteiger partial charge < -0.3 is 10.0 Å². The molecular formula is C23H25FN2O4S. The van der Waals surface area contributed by atoms with E-state index >= 15 is 0 Å². The Labute approximate surface area is 181 Å². The Morgan fingerprint density at radius 1 is 1.06 bits per heavy atom. The number of hydrogen-bond donors (Lipinski definition) is 1. The van der Waals surface area contributed by atoms with Crippen LogP contribution in [-0.2, 0) is 14.8 Å². The molecule has 1 saturated carbocycles. The number of benzene rings is 2. The highest BCUT2D eigenvalue weighted by atomic mass is 32.2. The summed E-state index contributed by atoms with van der Waals surface area (Å²) < 4.78 is 41.6. The molecule has 31 heavy (non-hydrogen) atoms. The lowest BCUT2D eigenvalue weighted by Crippen LogP contribution is -2.71. The summed E-state index contributed by atoms with van der Waals surface area (Å²) in [5.74, 6) is -0.631. The molecule has 1 amide bonds. The number of aliphatic hydroxyl groups is 1. The zero-order valence-electron chi connectivity index (χ0n) is 17.0. The Bertz CT molecular complexity index is 1100. The summed E-state index contributed by atoms with van der Waals surface area (Å²) in [5, 5.41) is 10.1. The molecule has 1 N–H and O–H groups in total. The van der Waals surface area contributed by atoms with Crippen molar-refractivity contribution in [1.82, 2.24) is 4.90 Å². The standard InChI is InChI=1S/C23H25FN2O4S/c24-16-9-11-17(12-10-16)31(29,30)25-13-20-22(18-7-3-4-8-19(18)25)21(14-27)26(20)23(28)15-5-1-2-6-15/h3-4,7-12,15,20-22,27H,1-2,5-6,13-14H2/t20-,21-,22+/m1/s1. The molecule has 0 radical (unpaired) electrons. The number of amides is 1. The van der Waals surface area contributed by atoms with Gasteiger partial charge >= 0.3 is 0 Å². The molecule has 2 aromatic rings. The van der Waals surface area contributed by atoms with Crippen molar-refractivity contribution in [3.8, 4) is 0 Å². The molecule has 2 aliphatic heterocycles. The van der Waals surface area contributed by atoms with Crippen LogP contribution in [0.1, 0.15) is 37.2 Å². The molecule has 3 aliphatic rings. The van der Waals surface area contributed by atoms with Gasteiger partial charge in [-0.3, -0.25) is 9.10 Å². The van der Waals surface area contributed by atoms with E-state index in [-0.39, 0.29) is 47.9 Å². The minimum Gasteiger partial charge on any atom is -0.394 e. The molecule has 164 valence electrons. The van der Waals surface area contributed by atoms with Crippen molar-refractivity contribution < 1.29 is 22.7 Å². The Balaban J connectivity index is 1.55. The second kappa shape index (κ2) is 7.60.